The maximum absolute atomic E-state index is 10.6. The second-order valence-corrected chi connectivity index (χ2v) is 11.3. The first kappa shape index (κ1) is 27.2. The molecule has 0 amide bonds. The number of hydrogen-bond donors (Lipinski definition) is 1. The number of carbonyl (C=O) groups is 1. The maximum atomic E-state index is 10.6. The molecule has 39 heavy (non-hydrogen) atoms. The van der Waals surface area contributed by atoms with Crippen molar-refractivity contribution < 1.29 is 4.79 Å². The molecular formula is C33H34ClN3OS. The molecule has 1 saturated carbocycles. The Kier molecular flexibility index (Phi) is 9.12. The molecule has 5 rings (SSSR count). The summed E-state index contributed by atoms with van der Waals surface area (Å²) >= 11 is 8.12. The van der Waals surface area contributed by atoms with Crippen molar-refractivity contribution in [2.24, 2.45) is 0 Å². The summed E-state index contributed by atoms with van der Waals surface area (Å²) in [7, 11) is 0. The highest BCUT2D eigenvalue weighted by Crippen LogP contribution is 2.38. The van der Waals surface area contributed by atoms with Gasteiger partial charge in [0.15, 0.2) is 5.13 Å². The molecule has 0 atom stereocenters. The van der Waals surface area contributed by atoms with Crippen LogP contribution in [0, 0.1) is 0 Å². The van der Waals surface area contributed by atoms with Crippen LogP contribution in [0.3, 0.4) is 0 Å². The molecule has 1 heterocycles. The minimum absolute atomic E-state index is 0.468. The van der Waals surface area contributed by atoms with Crippen molar-refractivity contribution in [1.82, 2.24) is 10.3 Å². The molecular weight excluding hydrogens is 522 g/mol. The smallest absolute Gasteiger partial charge is 0.190 e. The topological polar surface area (TPSA) is 45.2 Å². The molecule has 4 nitrogen and oxygen atoms in total. The average molecular weight is 556 g/mol. The number of nitrogens with zero attached hydrogens (tertiary/aromatic N) is 2. The molecule has 200 valence electrons. The van der Waals surface area contributed by atoms with Gasteiger partial charge in [-0.3, -0.25) is 0 Å². The number of halogens is 1. The van der Waals surface area contributed by atoms with Crippen LogP contribution in [0.2, 0.25) is 5.02 Å². The predicted octanol–water partition coefficient (Wildman–Crippen LogP) is 9.00. The lowest BCUT2D eigenvalue weighted by atomic mass is 9.84. The van der Waals surface area contributed by atoms with E-state index in [9.17, 15) is 4.79 Å². The zero-order chi connectivity index (χ0) is 27.0. The van der Waals surface area contributed by atoms with E-state index >= 15 is 0 Å². The molecule has 4 aromatic rings. The van der Waals surface area contributed by atoms with E-state index in [4.69, 9.17) is 16.6 Å². The molecule has 0 spiro atoms. The van der Waals surface area contributed by atoms with Crippen LogP contribution in [0.4, 0.5) is 10.8 Å². The minimum Gasteiger partial charge on any atom is -0.385 e. The van der Waals surface area contributed by atoms with Crippen molar-refractivity contribution in [2.45, 2.75) is 51.0 Å². The van der Waals surface area contributed by atoms with Gasteiger partial charge in [-0.25, -0.2) is 4.98 Å². The molecule has 1 fully saturated rings. The molecule has 0 radical (unpaired) electrons. The Morgan fingerprint density at radius 3 is 2.49 bits per heavy atom. The monoisotopic (exact) mass is 555 g/mol. The van der Waals surface area contributed by atoms with E-state index in [0.29, 0.717) is 30.5 Å². The zero-order valence-electron chi connectivity index (χ0n) is 22.1. The van der Waals surface area contributed by atoms with Crippen LogP contribution < -0.4 is 10.2 Å². The van der Waals surface area contributed by atoms with Crippen molar-refractivity contribution in [1.29, 1.82) is 0 Å². The fourth-order valence-electron chi connectivity index (χ4n) is 5.19. The normalized spacial score (nSPS) is 13.7. The molecule has 0 unspecified atom stereocenters. The van der Waals surface area contributed by atoms with Crippen molar-refractivity contribution in [3.05, 3.63) is 106 Å². The Morgan fingerprint density at radius 1 is 1.03 bits per heavy atom. The van der Waals surface area contributed by atoms with E-state index in [1.807, 2.05) is 24.3 Å². The van der Waals surface area contributed by atoms with Crippen LogP contribution in [0.1, 0.15) is 61.1 Å². The lowest BCUT2D eigenvalue weighted by Crippen LogP contribution is -2.17. The quantitative estimate of drug-likeness (QED) is 0.148. The summed E-state index contributed by atoms with van der Waals surface area (Å²) in [5.41, 5.74) is 7.41. The van der Waals surface area contributed by atoms with Crippen LogP contribution >= 0.6 is 22.9 Å². The van der Waals surface area contributed by atoms with Gasteiger partial charge in [0.1, 0.15) is 6.29 Å². The van der Waals surface area contributed by atoms with Gasteiger partial charge in [0.05, 0.1) is 12.2 Å². The van der Waals surface area contributed by atoms with Crippen molar-refractivity contribution in [2.75, 3.05) is 11.4 Å². The Balaban J connectivity index is 1.41. The van der Waals surface area contributed by atoms with Gasteiger partial charge in [0.25, 0.3) is 0 Å². The first-order chi connectivity index (χ1) is 19.1. The number of aldehydes is 1. The summed E-state index contributed by atoms with van der Waals surface area (Å²) in [6.07, 6.45) is 7.98. The highest BCUT2D eigenvalue weighted by Gasteiger charge is 2.19. The summed E-state index contributed by atoms with van der Waals surface area (Å²) in [6.45, 7) is 5.39. The standard InChI is InChI=1S/C33H34ClN3OS/c1-24(35-20-7-21-38)26-14-12-25(13-15-26)22-37(29-18-16-28(17-19-29)27-8-3-2-4-9-27)33-36-32(23-39-33)30-10-5-6-11-31(30)34/h5-6,10-19,21,23,27,35H,1-4,7-9,20,22H2. The lowest BCUT2D eigenvalue weighted by molar-refractivity contribution is -0.107. The van der Waals surface area contributed by atoms with Crippen LogP contribution in [0.15, 0.2) is 84.8 Å². The first-order valence-electron chi connectivity index (χ1n) is 13.7. The third kappa shape index (κ3) is 6.78. The molecule has 3 aromatic carbocycles. The second-order valence-electron chi connectivity index (χ2n) is 10.1. The molecule has 0 bridgehead atoms. The average Bonchev–Trinajstić information content (AvgIpc) is 3.47. The summed E-state index contributed by atoms with van der Waals surface area (Å²) < 4.78 is 0. The Labute approximate surface area is 240 Å². The molecule has 1 N–H and O–H groups in total. The maximum Gasteiger partial charge on any atom is 0.190 e. The number of nitrogens with one attached hydrogen (secondary N) is 1. The summed E-state index contributed by atoms with van der Waals surface area (Å²) in [6, 6.07) is 25.4. The molecule has 0 aliphatic heterocycles. The van der Waals surface area contributed by atoms with Gasteiger partial charge >= 0.3 is 0 Å². The zero-order valence-corrected chi connectivity index (χ0v) is 23.7. The fourth-order valence-corrected chi connectivity index (χ4v) is 6.27. The Hall–Kier alpha value is -3.41. The largest absolute Gasteiger partial charge is 0.385 e. The van der Waals surface area contributed by atoms with Gasteiger partial charge in [0.2, 0.25) is 0 Å². The second kappa shape index (κ2) is 13.1. The third-order valence-electron chi connectivity index (χ3n) is 7.40. The van der Waals surface area contributed by atoms with Crippen LogP contribution in [0.5, 0.6) is 0 Å². The van der Waals surface area contributed by atoms with Crippen LogP contribution in [-0.2, 0) is 11.3 Å². The van der Waals surface area contributed by atoms with E-state index in [1.54, 1.807) is 11.3 Å². The van der Waals surface area contributed by atoms with E-state index in [2.05, 4.69) is 70.7 Å². The van der Waals surface area contributed by atoms with E-state index in [-0.39, 0.29) is 0 Å². The summed E-state index contributed by atoms with van der Waals surface area (Å²) in [5.74, 6) is 0.675. The molecule has 6 heteroatoms. The van der Waals surface area contributed by atoms with Crippen LogP contribution in [-0.4, -0.2) is 17.8 Å². The van der Waals surface area contributed by atoms with Gasteiger partial charge in [-0.05, 0) is 53.6 Å². The summed E-state index contributed by atoms with van der Waals surface area (Å²) in [4.78, 5) is 17.9. The van der Waals surface area contributed by atoms with Crippen molar-refractivity contribution in [3.63, 3.8) is 0 Å². The number of rotatable bonds is 11. The van der Waals surface area contributed by atoms with Crippen LogP contribution in [0.25, 0.3) is 17.0 Å². The first-order valence-corrected chi connectivity index (χ1v) is 14.9. The number of aromatic nitrogens is 1. The minimum atomic E-state index is 0.468. The van der Waals surface area contributed by atoms with E-state index in [0.717, 1.165) is 39.6 Å². The van der Waals surface area contributed by atoms with Gasteiger partial charge in [-0.15, -0.1) is 11.3 Å². The number of thiazole rings is 1. The van der Waals surface area contributed by atoms with E-state index < -0.39 is 0 Å². The summed E-state index contributed by atoms with van der Waals surface area (Å²) in [5, 5.41) is 6.93. The van der Waals surface area contributed by atoms with Gasteiger partial charge in [0, 0.05) is 40.3 Å². The number of hydrogen-bond acceptors (Lipinski definition) is 5. The van der Waals surface area contributed by atoms with Gasteiger partial charge < -0.3 is 15.0 Å². The predicted molar refractivity (Wildman–Crippen MR) is 165 cm³/mol. The van der Waals surface area contributed by atoms with Gasteiger partial charge in [-0.1, -0.05) is 92.0 Å². The molecule has 1 aromatic heterocycles. The van der Waals surface area contributed by atoms with Gasteiger partial charge in [-0.2, -0.15) is 0 Å². The third-order valence-corrected chi connectivity index (χ3v) is 8.59. The molecule has 1 aliphatic carbocycles. The molecule has 1 aliphatic rings. The number of anilines is 2. The SMILES string of the molecule is C=C(NCCC=O)c1ccc(CN(c2ccc(C3CCCCC3)cc2)c2nc(-c3ccccc3Cl)cs2)cc1. The number of carbonyl (C=O) groups excluding carboxylic acids is 1. The number of benzene rings is 3. The fraction of sp³-hybridized carbons (Fsp3) is 0.273. The van der Waals surface area contributed by atoms with E-state index in [1.165, 1.54) is 43.2 Å². The van der Waals surface area contributed by atoms with Crippen molar-refractivity contribution in [3.8, 4) is 11.3 Å². The lowest BCUT2D eigenvalue weighted by Gasteiger charge is -2.25. The Bertz CT molecular complexity index is 1390. The highest BCUT2D eigenvalue weighted by molar-refractivity contribution is 7.14. The molecule has 0 saturated heterocycles. The highest BCUT2D eigenvalue weighted by atomic mass is 35.5. The Morgan fingerprint density at radius 2 is 1.77 bits per heavy atom. The van der Waals surface area contributed by atoms with Crippen molar-refractivity contribution >= 4 is 45.7 Å².